The molecule has 1 saturated heterocycles. The quantitative estimate of drug-likeness (QED) is 0.242. The molecule has 0 bridgehead atoms. The number of aliphatic hydroxyl groups is 1. The summed E-state index contributed by atoms with van der Waals surface area (Å²) in [6, 6.07) is 6.92. The first-order valence-corrected chi connectivity index (χ1v) is 13.7. The number of nitrogens with one attached hydrogen (secondary N) is 1. The van der Waals surface area contributed by atoms with Crippen LogP contribution >= 0.6 is 0 Å². The molecule has 6 nitrogen and oxygen atoms in total. The number of anilines is 1. The van der Waals surface area contributed by atoms with Crippen molar-refractivity contribution in [2.45, 2.75) is 97.3 Å². The number of aliphatic hydroxyl groups excluding tert-OH is 1. The summed E-state index contributed by atoms with van der Waals surface area (Å²) in [4.78, 5) is 10.4. The zero-order valence-corrected chi connectivity index (χ0v) is 23.8. The molecular formula is C28H50BrN2O4-. The van der Waals surface area contributed by atoms with E-state index in [1.807, 2.05) is 0 Å². The lowest BCUT2D eigenvalue weighted by Crippen LogP contribution is -3.00. The molecule has 0 aromatic heterocycles. The Labute approximate surface area is 224 Å². The van der Waals surface area contributed by atoms with Crippen LogP contribution in [0.4, 0.5) is 10.5 Å². The van der Waals surface area contributed by atoms with Crippen LogP contribution < -0.4 is 32.1 Å². The Bertz CT molecular complexity index is 634. The van der Waals surface area contributed by atoms with E-state index in [4.69, 9.17) is 4.74 Å². The summed E-state index contributed by atoms with van der Waals surface area (Å²) in [5, 5.41) is 21.9. The van der Waals surface area contributed by atoms with Gasteiger partial charge in [-0.1, -0.05) is 70.9 Å². The Morgan fingerprint density at radius 3 is 2.14 bits per heavy atom. The maximum atomic E-state index is 10.4. The van der Waals surface area contributed by atoms with Crippen molar-refractivity contribution in [3.05, 3.63) is 24.3 Å². The van der Waals surface area contributed by atoms with Crippen LogP contribution in [0.15, 0.2) is 24.3 Å². The molecule has 0 radical (unpaired) electrons. The summed E-state index contributed by atoms with van der Waals surface area (Å²) in [5.74, 6) is 0.544. The summed E-state index contributed by atoms with van der Waals surface area (Å²) >= 11 is 0. The first-order chi connectivity index (χ1) is 16.6. The van der Waals surface area contributed by atoms with E-state index in [1.54, 1.807) is 24.3 Å². The molecule has 0 aliphatic carbocycles. The summed E-state index contributed by atoms with van der Waals surface area (Å²) < 4.78 is 6.70. The van der Waals surface area contributed by atoms with E-state index in [0.717, 1.165) is 25.8 Å². The van der Waals surface area contributed by atoms with E-state index >= 15 is 0 Å². The van der Waals surface area contributed by atoms with E-state index in [0.29, 0.717) is 24.7 Å². The number of likely N-dealkylation sites (tertiary alicyclic amines) is 1. The van der Waals surface area contributed by atoms with Gasteiger partial charge >= 0.3 is 0 Å². The molecule has 7 heteroatoms. The molecule has 0 spiro atoms. The van der Waals surface area contributed by atoms with Gasteiger partial charge in [-0.3, -0.25) is 0 Å². The van der Waals surface area contributed by atoms with Crippen LogP contribution in [0.1, 0.15) is 97.3 Å². The number of quaternary nitrogens is 1. The average molecular weight is 559 g/mol. The lowest BCUT2D eigenvalue weighted by Gasteiger charge is -2.41. The third-order valence-corrected chi connectivity index (χ3v) is 6.70. The van der Waals surface area contributed by atoms with Crippen LogP contribution in [0, 0.1) is 0 Å². The number of nitrogens with zero attached hydrogens (tertiary/aromatic N) is 1. The number of halogens is 1. The van der Waals surface area contributed by atoms with Gasteiger partial charge in [0, 0.05) is 0 Å². The zero-order chi connectivity index (χ0) is 24.9. The number of benzene rings is 1. The number of ether oxygens (including phenoxy) is 1. The minimum absolute atomic E-state index is 0. The number of unbranched alkanes of at least 4 members (excludes halogenated alkanes) is 8. The fourth-order valence-corrected chi connectivity index (χ4v) is 4.70. The Morgan fingerprint density at radius 1 is 0.914 bits per heavy atom. The molecule has 1 aromatic carbocycles. The van der Waals surface area contributed by atoms with Crippen molar-refractivity contribution >= 4 is 11.8 Å². The smallest absolute Gasteiger partial charge is 0.142 e. The van der Waals surface area contributed by atoms with Gasteiger partial charge in [0.2, 0.25) is 0 Å². The second kappa shape index (κ2) is 21.9. The van der Waals surface area contributed by atoms with Crippen molar-refractivity contribution in [2.75, 3.05) is 44.7 Å². The number of para-hydroxylation sites is 2. The van der Waals surface area contributed by atoms with E-state index in [-0.39, 0.29) is 17.0 Å². The van der Waals surface area contributed by atoms with Crippen LogP contribution in [0.2, 0.25) is 0 Å². The normalized spacial score (nSPS) is 14.3. The number of hydrogen-bond donors (Lipinski definition) is 2. The minimum atomic E-state index is -1.33. The minimum Gasteiger partial charge on any atom is -1.00 e. The van der Waals surface area contributed by atoms with Gasteiger partial charge in [-0.05, 0) is 50.7 Å². The van der Waals surface area contributed by atoms with Gasteiger partial charge in [0.05, 0.1) is 38.5 Å². The maximum Gasteiger partial charge on any atom is 0.142 e. The molecule has 0 unspecified atom stereocenters. The highest BCUT2D eigenvalue weighted by Gasteiger charge is 2.28. The third-order valence-electron chi connectivity index (χ3n) is 6.70. The molecule has 1 heterocycles. The van der Waals surface area contributed by atoms with Gasteiger partial charge in [0.1, 0.15) is 18.4 Å². The molecule has 0 saturated carbocycles. The van der Waals surface area contributed by atoms with E-state index in [2.05, 4.69) is 19.2 Å². The van der Waals surface area contributed by atoms with E-state index in [9.17, 15) is 15.0 Å². The second-order valence-corrected chi connectivity index (χ2v) is 9.61. The van der Waals surface area contributed by atoms with Gasteiger partial charge in [-0.15, -0.1) is 0 Å². The predicted octanol–water partition coefficient (Wildman–Crippen LogP) is 2.74. The molecule has 2 rings (SSSR count). The van der Waals surface area contributed by atoms with Gasteiger partial charge in [-0.25, -0.2) is 0 Å². The first-order valence-electron chi connectivity index (χ1n) is 13.7. The number of carbonyl (C=O) groups is 1. The number of carboxylic acid groups (broad SMARTS) is 1. The number of piperidine rings is 1. The summed E-state index contributed by atoms with van der Waals surface area (Å²) in [7, 11) is 0. The Kier molecular flexibility index (Phi) is 21.1. The lowest BCUT2D eigenvalue weighted by atomic mass is 10.0. The fourth-order valence-electron chi connectivity index (χ4n) is 4.70. The monoisotopic (exact) mass is 557 g/mol. The fraction of sp³-hybridized carbons (Fsp3) is 0.750. The molecule has 0 atom stereocenters. The summed E-state index contributed by atoms with van der Waals surface area (Å²) in [5.41, 5.74) is 0.430. The highest BCUT2D eigenvalue weighted by Crippen LogP contribution is 2.23. The van der Waals surface area contributed by atoms with Crippen LogP contribution in [0.3, 0.4) is 0 Å². The molecule has 1 aromatic rings. The van der Waals surface area contributed by atoms with Crippen molar-refractivity contribution in [1.82, 2.24) is 0 Å². The van der Waals surface area contributed by atoms with Crippen molar-refractivity contribution < 1.29 is 41.2 Å². The second-order valence-electron chi connectivity index (χ2n) is 9.61. The van der Waals surface area contributed by atoms with Crippen molar-refractivity contribution in [3.8, 4) is 5.75 Å². The standard InChI is InChI=1S/C16H34NO.C12H17NO3.BrH/c1-2-3-4-5-6-7-9-12-17(15-16-18)13-10-8-11-14-17;1-2-3-6-9-16-11-8-5-4-7-10(11)13-12(14)15;/h18H,2-16H2,1H3;4-5,7-8,13H,2-3,6,9H2,1H3,(H,14,15);1H/q+1;;/p-2. The number of hydrogen-bond acceptors (Lipinski definition) is 4. The average Bonchev–Trinajstić information content (AvgIpc) is 2.83. The molecule has 2 N–H and O–H groups in total. The van der Waals surface area contributed by atoms with Gasteiger partial charge in [0.15, 0.2) is 0 Å². The lowest BCUT2D eigenvalue weighted by molar-refractivity contribution is -0.932. The van der Waals surface area contributed by atoms with Gasteiger partial charge < -0.3 is 46.5 Å². The molecule has 1 amide bonds. The number of rotatable bonds is 16. The Balaban J connectivity index is 0.000000646. The first kappa shape index (κ1) is 33.7. The van der Waals surface area contributed by atoms with Crippen molar-refractivity contribution in [2.24, 2.45) is 0 Å². The zero-order valence-electron chi connectivity index (χ0n) is 22.2. The largest absolute Gasteiger partial charge is 1.00 e. The molecule has 1 fully saturated rings. The SMILES string of the molecule is CCCCCCCCC[N+]1(CCO)CCCCC1.CCCCCOc1ccccc1NC(=O)[O-].[Br-]. The summed E-state index contributed by atoms with van der Waals surface area (Å²) in [6.45, 7) is 10.3. The topological polar surface area (TPSA) is 81.6 Å². The van der Waals surface area contributed by atoms with Gasteiger partial charge in [0.25, 0.3) is 0 Å². The number of carbonyl (C=O) groups excluding carboxylic acids is 1. The highest BCUT2D eigenvalue weighted by atomic mass is 79.9. The third kappa shape index (κ3) is 16.1. The van der Waals surface area contributed by atoms with Crippen molar-refractivity contribution in [1.29, 1.82) is 0 Å². The molecule has 35 heavy (non-hydrogen) atoms. The highest BCUT2D eigenvalue weighted by molar-refractivity contribution is 5.83. The van der Waals surface area contributed by atoms with Crippen LogP contribution in [0.5, 0.6) is 5.75 Å². The van der Waals surface area contributed by atoms with Crippen LogP contribution in [0.25, 0.3) is 0 Å². The molecule has 1 aliphatic rings. The Morgan fingerprint density at radius 2 is 1.51 bits per heavy atom. The van der Waals surface area contributed by atoms with Crippen LogP contribution in [-0.2, 0) is 0 Å². The molecule has 1 aliphatic heterocycles. The van der Waals surface area contributed by atoms with Crippen molar-refractivity contribution in [3.63, 3.8) is 0 Å². The van der Waals surface area contributed by atoms with E-state index in [1.165, 1.54) is 88.3 Å². The van der Waals surface area contributed by atoms with E-state index < -0.39 is 6.09 Å². The summed E-state index contributed by atoms with van der Waals surface area (Å²) in [6.07, 6.45) is 15.8. The molecule has 204 valence electrons. The Hall–Kier alpha value is -1.31. The predicted molar refractivity (Wildman–Crippen MR) is 139 cm³/mol. The molecular weight excluding hydrogens is 508 g/mol. The van der Waals surface area contributed by atoms with Crippen LogP contribution in [-0.4, -0.2) is 55.1 Å². The van der Waals surface area contributed by atoms with Gasteiger partial charge in [-0.2, -0.15) is 0 Å². The maximum absolute atomic E-state index is 10.4. The number of amides is 1.